The lowest BCUT2D eigenvalue weighted by atomic mass is 10.2. The summed E-state index contributed by atoms with van der Waals surface area (Å²) in [6.45, 7) is 1.03. The van der Waals surface area contributed by atoms with Crippen LogP contribution >= 0.6 is 22.9 Å². The molecule has 8 heteroatoms. The highest BCUT2D eigenvalue weighted by Crippen LogP contribution is 2.24. The van der Waals surface area contributed by atoms with Gasteiger partial charge in [-0.15, -0.1) is 11.3 Å². The molecule has 1 aromatic heterocycles. The van der Waals surface area contributed by atoms with Crippen LogP contribution in [0, 0.1) is 0 Å². The average molecular weight is 365 g/mol. The number of nitrogens with two attached hydrogens (primary N) is 1. The molecule has 0 radical (unpaired) electrons. The summed E-state index contributed by atoms with van der Waals surface area (Å²) < 4.78 is 0. The van der Waals surface area contributed by atoms with Crippen molar-refractivity contribution in [2.24, 2.45) is 5.73 Å². The van der Waals surface area contributed by atoms with E-state index in [-0.39, 0.29) is 11.8 Å². The zero-order valence-electron chi connectivity index (χ0n) is 12.9. The van der Waals surface area contributed by atoms with Crippen molar-refractivity contribution in [3.05, 3.63) is 45.4 Å². The minimum Gasteiger partial charge on any atom is -0.339 e. The highest BCUT2D eigenvalue weighted by Gasteiger charge is 2.34. The number of halogens is 1. The van der Waals surface area contributed by atoms with Gasteiger partial charge in [-0.2, -0.15) is 0 Å². The summed E-state index contributed by atoms with van der Waals surface area (Å²) in [5.41, 5.74) is 6.55. The fourth-order valence-electron chi connectivity index (χ4n) is 2.60. The number of thiazole rings is 1. The molecule has 1 aliphatic heterocycles. The summed E-state index contributed by atoms with van der Waals surface area (Å²) in [7, 11) is 0. The summed E-state index contributed by atoms with van der Waals surface area (Å²) in [5.74, 6) is -0.469. The van der Waals surface area contributed by atoms with Gasteiger partial charge in [-0.05, 0) is 31.2 Å². The van der Waals surface area contributed by atoms with Crippen molar-refractivity contribution in [1.82, 2.24) is 10.3 Å². The van der Waals surface area contributed by atoms with Crippen molar-refractivity contribution in [3.63, 3.8) is 0 Å². The van der Waals surface area contributed by atoms with E-state index in [1.165, 1.54) is 11.3 Å². The summed E-state index contributed by atoms with van der Waals surface area (Å²) in [5, 5.41) is 5.85. The molecule has 126 valence electrons. The number of aromatic nitrogens is 1. The van der Waals surface area contributed by atoms with Gasteiger partial charge in [-0.1, -0.05) is 17.7 Å². The zero-order valence-corrected chi connectivity index (χ0v) is 14.4. The maximum atomic E-state index is 12.5. The summed E-state index contributed by atoms with van der Waals surface area (Å²) >= 11 is 7.37. The van der Waals surface area contributed by atoms with Gasteiger partial charge in [-0.25, -0.2) is 4.98 Å². The van der Waals surface area contributed by atoms with Crippen LogP contribution < -0.4 is 16.0 Å². The molecule has 1 aromatic carbocycles. The number of rotatable bonds is 5. The third-order valence-electron chi connectivity index (χ3n) is 3.77. The Morgan fingerprint density at radius 2 is 2.33 bits per heavy atom. The molecule has 2 aromatic rings. The molecule has 0 bridgehead atoms. The number of anilines is 1. The largest absolute Gasteiger partial charge is 0.339 e. The van der Waals surface area contributed by atoms with Crippen molar-refractivity contribution in [3.8, 4) is 0 Å². The van der Waals surface area contributed by atoms with Crippen molar-refractivity contribution in [2.75, 3.05) is 18.0 Å². The van der Waals surface area contributed by atoms with Crippen LogP contribution in [0.2, 0.25) is 5.02 Å². The summed E-state index contributed by atoms with van der Waals surface area (Å²) in [6.07, 6.45) is 1.19. The molecule has 2 heterocycles. The monoisotopic (exact) mass is 364 g/mol. The molecule has 0 spiro atoms. The van der Waals surface area contributed by atoms with Crippen LogP contribution in [-0.2, 0) is 11.2 Å². The van der Waals surface area contributed by atoms with Gasteiger partial charge in [0.2, 0.25) is 5.91 Å². The minimum absolute atomic E-state index is 0.136. The van der Waals surface area contributed by atoms with Crippen LogP contribution in [-0.4, -0.2) is 35.9 Å². The number of carbonyl (C=O) groups is 2. The Kier molecular flexibility index (Phi) is 5.13. The predicted octanol–water partition coefficient (Wildman–Crippen LogP) is 1.83. The molecule has 1 atom stereocenters. The molecule has 3 N–H and O–H groups in total. The van der Waals surface area contributed by atoms with E-state index in [2.05, 4.69) is 10.3 Å². The van der Waals surface area contributed by atoms with Gasteiger partial charge in [0.15, 0.2) is 0 Å². The predicted molar refractivity (Wildman–Crippen MR) is 94.5 cm³/mol. The number of amides is 2. The highest BCUT2D eigenvalue weighted by atomic mass is 35.5. The van der Waals surface area contributed by atoms with Crippen LogP contribution in [0.25, 0.3) is 0 Å². The van der Waals surface area contributed by atoms with Crippen molar-refractivity contribution in [2.45, 2.75) is 18.9 Å². The fourth-order valence-corrected chi connectivity index (χ4v) is 3.58. The first kappa shape index (κ1) is 16.9. The van der Waals surface area contributed by atoms with Crippen LogP contribution in [0.4, 0.5) is 5.69 Å². The van der Waals surface area contributed by atoms with E-state index < -0.39 is 6.04 Å². The van der Waals surface area contributed by atoms with Crippen molar-refractivity contribution >= 4 is 40.4 Å². The highest BCUT2D eigenvalue weighted by molar-refractivity contribution is 7.09. The first-order valence-electron chi connectivity index (χ1n) is 7.61. The lowest BCUT2D eigenvalue weighted by molar-refractivity contribution is -0.118. The lowest BCUT2D eigenvalue weighted by Gasteiger charge is -2.17. The molecule has 1 saturated heterocycles. The molecule has 0 aliphatic carbocycles. The van der Waals surface area contributed by atoms with Crippen LogP contribution in [0.1, 0.15) is 21.9 Å². The number of nitrogens with zero attached hydrogens (tertiary/aromatic N) is 2. The van der Waals surface area contributed by atoms with E-state index in [9.17, 15) is 9.59 Å². The molecule has 1 aliphatic rings. The fraction of sp³-hybridized carbons (Fsp3) is 0.312. The van der Waals surface area contributed by atoms with Crippen LogP contribution in [0.5, 0.6) is 0 Å². The Hall–Kier alpha value is -1.96. The standard InChI is InChI=1S/C16H17ClN4O2S/c17-10-2-1-3-11(8-10)21-7-5-12(16(21)23)20-15(22)13-9-24-14(19-13)4-6-18/h1-3,8-9,12H,4-7,18H2,(H,20,22). The second kappa shape index (κ2) is 7.29. The maximum Gasteiger partial charge on any atom is 0.271 e. The number of benzene rings is 1. The van der Waals surface area contributed by atoms with Gasteiger partial charge >= 0.3 is 0 Å². The normalized spacial score (nSPS) is 17.3. The number of hydrogen-bond acceptors (Lipinski definition) is 5. The SMILES string of the molecule is NCCc1nc(C(=O)NC2CCN(c3cccc(Cl)c3)C2=O)cs1. The van der Waals surface area contributed by atoms with Gasteiger partial charge in [0.05, 0.1) is 5.01 Å². The Labute approximate surface area is 148 Å². The molecule has 3 rings (SSSR count). The zero-order chi connectivity index (χ0) is 17.1. The van der Waals surface area contributed by atoms with Gasteiger partial charge in [0.1, 0.15) is 11.7 Å². The topological polar surface area (TPSA) is 88.3 Å². The van der Waals surface area contributed by atoms with E-state index in [4.69, 9.17) is 17.3 Å². The molecule has 0 saturated carbocycles. The number of hydrogen-bond donors (Lipinski definition) is 2. The molecule has 1 fully saturated rings. The molecule has 1 unspecified atom stereocenters. The molecular formula is C16H17ClN4O2S. The van der Waals surface area contributed by atoms with Gasteiger partial charge < -0.3 is 16.0 Å². The Morgan fingerprint density at radius 3 is 3.08 bits per heavy atom. The number of carbonyl (C=O) groups excluding carboxylic acids is 2. The Balaban J connectivity index is 1.65. The van der Waals surface area contributed by atoms with E-state index in [0.717, 1.165) is 10.7 Å². The van der Waals surface area contributed by atoms with E-state index in [0.29, 0.717) is 36.6 Å². The molecule has 6 nitrogen and oxygen atoms in total. The minimum atomic E-state index is -0.545. The number of nitrogens with one attached hydrogen (secondary N) is 1. The Bertz CT molecular complexity index is 764. The van der Waals surface area contributed by atoms with Gasteiger partial charge in [-0.3, -0.25) is 9.59 Å². The summed E-state index contributed by atoms with van der Waals surface area (Å²) in [6, 6.07) is 6.57. The van der Waals surface area contributed by atoms with Gasteiger partial charge in [0, 0.05) is 29.1 Å². The second-order valence-electron chi connectivity index (χ2n) is 5.45. The third-order valence-corrected chi connectivity index (χ3v) is 4.92. The quantitative estimate of drug-likeness (QED) is 0.847. The van der Waals surface area contributed by atoms with Crippen molar-refractivity contribution < 1.29 is 9.59 Å². The molecular weight excluding hydrogens is 348 g/mol. The first-order valence-corrected chi connectivity index (χ1v) is 8.86. The van der Waals surface area contributed by atoms with Crippen LogP contribution in [0.3, 0.4) is 0 Å². The van der Waals surface area contributed by atoms with Crippen LogP contribution in [0.15, 0.2) is 29.6 Å². The van der Waals surface area contributed by atoms with E-state index in [1.807, 2.05) is 6.07 Å². The Morgan fingerprint density at radius 1 is 1.50 bits per heavy atom. The summed E-state index contributed by atoms with van der Waals surface area (Å²) in [4.78, 5) is 30.7. The first-order chi connectivity index (χ1) is 11.6. The smallest absolute Gasteiger partial charge is 0.271 e. The van der Waals surface area contributed by atoms with Gasteiger partial charge in [0.25, 0.3) is 5.91 Å². The maximum absolute atomic E-state index is 12.5. The average Bonchev–Trinajstić information content (AvgIpc) is 3.16. The molecule has 2 amide bonds. The van der Waals surface area contributed by atoms with E-state index in [1.54, 1.807) is 28.5 Å². The molecule has 24 heavy (non-hydrogen) atoms. The second-order valence-corrected chi connectivity index (χ2v) is 6.83. The van der Waals surface area contributed by atoms with Crippen molar-refractivity contribution in [1.29, 1.82) is 0 Å². The van der Waals surface area contributed by atoms with E-state index >= 15 is 0 Å². The third kappa shape index (κ3) is 3.58. The lowest BCUT2D eigenvalue weighted by Crippen LogP contribution is -2.41.